The molecule has 31 heavy (non-hydrogen) atoms. The number of hydrogen-bond donors (Lipinski definition) is 2. The predicted octanol–water partition coefficient (Wildman–Crippen LogP) is 4.27. The van der Waals surface area contributed by atoms with Crippen molar-refractivity contribution in [3.8, 4) is 11.3 Å². The van der Waals surface area contributed by atoms with E-state index in [0.29, 0.717) is 34.3 Å². The number of carbonyl (C=O) groups is 2. The second kappa shape index (κ2) is 9.22. The number of nitrogens with one attached hydrogen (secondary N) is 1. The lowest BCUT2D eigenvalue weighted by molar-refractivity contribution is -0.116. The number of primary amides is 1. The Morgan fingerprint density at radius 1 is 1.16 bits per heavy atom. The van der Waals surface area contributed by atoms with Crippen LogP contribution in [0.3, 0.4) is 0 Å². The van der Waals surface area contributed by atoms with Crippen molar-refractivity contribution in [2.24, 2.45) is 5.73 Å². The smallest absolute Gasteiger partial charge is 0.248 e. The van der Waals surface area contributed by atoms with E-state index in [-0.39, 0.29) is 12.3 Å². The summed E-state index contributed by atoms with van der Waals surface area (Å²) < 4.78 is 5.76. The number of nitrogens with two attached hydrogens (primary N) is 1. The number of hydrogen-bond acceptors (Lipinski definition) is 5. The molecule has 0 spiro atoms. The second-order valence-corrected chi connectivity index (χ2v) is 7.84. The molecule has 0 saturated carbocycles. The standard InChI is InChI=1S/C23H23ClN4O3/c24-17-6-2-1-5-16(17)20-14-26-22(31-20)10-9-21(29)27-18-13-15(23(25)30)7-8-19(18)28-11-3-4-12-28/h1-2,5-8,13-14H,3-4,9-12H2,(H2,25,30)(H,27,29). The van der Waals surface area contributed by atoms with E-state index >= 15 is 0 Å². The fraction of sp³-hybridized carbons (Fsp3) is 0.261. The molecule has 2 aromatic carbocycles. The van der Waals surface area contributed by atoms with E-state index in [1.807, 2.05) is 24.3 Å². The maximum Gasteiger partial charge on any atom is 0.248 e. The van der Waals surface area contributed by atoms with Crippen molar-refractivity contribution in [3.63, 3.8) is 0 Å². The minimum absolute atomic E-state index is 0.183. The molecule has 8 heteroatoms. The Morgan fingerprint density at radius 3 is 2.68 bits per heavy atom. The highest BCUT2D eigenvalue weighted by Crippen LogP contribution is 2.31. The molecular formula is C23H23ClN4O3. The van der Waals surface area contributed by atoms with Crippen molar-refractivity contribution < 1.29 is 14.0 Å². The second-order valence-electron chi connectivity index (χ2n) is 7.44. The molecule has 0 radical (unpaired) electrons. The van der Waals surface area contributed by atoms with E-state index in [2.05, 4.69) is 15.2 Å². The zero-order valence-electron chi connectivity index (χ0n) is 16.9. The molecule has 1 aliphatic rings. The zero-order valence-corrected chi connectivity index (χ0v) is 17.7. The molecule has 3 aromatic rings. The Balaban J connectivity index is 1.44. The van der Waals surface area contributed by atoms with Crippen molar-refractivity contribution >= 4 is 34.8 Å². The maximum absolute atomic E-state index is 12.6. The van der Waals surface area contributed by atoms with Crippen molar-refractivity contribution in [2.75, 3.05) is 23.3 Å². The molecule has 1 aromatic heterocycles. The number of oxazole rings is 1. The molecule has 0 unspecified atom stereocenters. The number of halogens is 1. The van der Waals surface area contributed by atoms with Crippen LogP contribution >= 0.6 is 11.6 Å². The minimum atomic E-state index is -0.532. The molecule has 1 aliphatic heterocycles. The molecule has 0 atom stereocenters. The summed E-state index contributed by atoms with van der Waals surface area (Å²) in [7, 11) is 0. The average Bonchev–Trinajstić information content (AvgIpc) is 3.45. The monoisotopic (exact) mass is 438 g/mol. The van der Waals surface area contributed by atoms with Crippen LogP contribution in [-0.2, 0) is 11.2 Å². The van der Waals surface area contributed by atoms with Crippen molar-refractivity contribution in [1.82, 2.24) is 4.98 Å². The van der Waals surface area contributed by atoms with Gasteiger partial charge >= 0.3 is 0 Å². The normalized spacial score (nSPS) is 13.4. The third-order valence-corrected chi connectivity index (χ3v) is 5.59. The third-order valence-electron chi connectivity index (χ3n) is 5.26. The van der Waals surface area contributed by atoms with Crippen LogP contribution in [0.1, 0.15) is 35.5 Å². The lowest BCUT2D eigenvalue weighted by Gasteiger charge is -2.22. The van der Waals surface area contributed by atoms with Crippen LogP contribution in [0.5, 0.6) is 0 Å². The summed E-state index contributed by atoms with van der Waals surface area (Å²) in [4.78, 5) is 30.7. The van der Waals surface area contributed by atoms with Crippen LogP contribution in [-0.4, -0.2) is 29.9 Å². The maximum atomic E-state index is 12.6. The zero-order chi connectivity index (χ0) is 21.8. The number of nitrogens with zero attached hydrogens (tertiary/aromatic N) is 2. The lowest BCUT2D eigenvalue weighted by atomic mass is 10.1. The van der Waals surface area contributed by atoms with E-state index in [4.69, 9.17) is 21.8 Å². The average molecular weight is 439 g/mol. The van der Waals surface area contributed by atoms with Gasteiger partial charge in [0.1, 0.15) is 0 Å². The molecule has 2 amide bonds. The highest BCUT2D eigenvalue weighted by molar-refractivity contribution is 6.33. The molecular weight excluding hydrogens is 416 g/mol. The number of rotatable bonds is 7. The van der Waals surface area contributed by atoms with E-state index in [1.165, 1.54) is 0 Å². The Kier molecular flexibility index (Phi) is 6.23. The molecule has 0 aliphatic carbocycles. The SMILES string of the molecule is NC(=O)c1ccc(N2CCCC2)c(NC(=O)CCc2ncc(-c3ccccc3Cl)o2)c1. The van der Waals surface area contributed by atoms with Crippen LogP contribution in [0.15, 0.2) is 53.1 Å². The molecule has 7 nitrogen and oxygen atoms in total. The van der Waals surface area contributed by atoms with Crippen LogP contribution in [0.4, 0.5) is 11.4 Å². The Morgan fingerprint density at radius 2 is 1.94 bits per heavy atom. The van der Waals surface area contributed by atoms with Crippen molar-refractivity contribution in [2.45, 2.75) is 25.7 Å². The predicted molar refractivity (Wildman–Crippen MR) is 120 cm³/mol. The lowest BCUT2D eigenvalue weighted by Crippen LogP contribution is -2.22. The van der Waals surface area contributed by atoms with Crippen LogP contribution in [0, 0.1) is 0 Å². The number of aromatic nitrogens is 1. The number of aryl methyl sites for hydroxylation is 1. The summed E-state index contributed by atoms with van der Waals surface area (Å²) >= 11 is 6.20. The summed E-state index contributed by atoms with van der Waals surface area (Å²) in [6, 6.07) is 12.5. The summed E-state index contributed by atoms with van der Waals surface area (Å²) in [5, 5.41) is 3.50. The molecule has 0 bridgehead atoms. The fourth-order valence-electron chi connectivity index (χ4n) is 3.67. The van der Waals surface area contributed by atoms with Gasteiger partial charge in [0.05, 0.1) is 22.6 Å². The Hall–Kier alpha value is -3.32. The van der Waals surface area contributed by atoms with Gasteiger partial charge in [0.15, 0.2) is 11.7 Å². The summed E-state index contributed by atoms with van der Waals surface area (Å²) in [5.74, 6) is 0.289. The first-order valence-electron chi connectivity index (χ1n) is 10.2. The number of amides is 2. The summed E-state index contributed by atoms with van der Waals surface area (Å²) in [6.07, 6.45) is 4.33. The van der Waals surface area contributed by atoms with E-state index in [9.17, 15) is 9.59 Å². The first-order chi connectivity index (χ1) is 15.0. The van der Waals surface area contributed by atoms with E-state index < -0.39 is 5.91 Å². The van der Waals surface area contributed by atoms with Gasteiger partial charge in [-0.05, 0) is 43.2 Å². The van der Waals surface area contributed by atoms with Gasteiger partial charge in [-0.2, -0.15) is 0 Å². The van der Waals surface area contributed by atoms with Gasteiger partial charge in [0, 0.05) is 37.1 Å². The van der Waals surface area contributed by atoms with Gasteiger partial charge in [0.2, 0.25) is 11.8 Å². The highest BCUT2D eigenvalue weighted by Gasteiger charge is 2.19. The van der Waals surface area contributed by atoms with Gasteiger partial charge in [-0.25, -0.2) is 4.98 Å². The van der Waals surface area contributed by atoms with E-state index in [0.717, 1.165) is 37.2 Å². The number of carbonyl (C=O) groups excluding carboxylic acids is 2. The number of benzene rings is 2. The molecule has 1 saturated heterocycles. The highest BCUT2D eigenvalue weighted by atomic mass is 35.5. The minimum Gasteiger partial charge on any atom is -0.441 e. The quantitative estimate of drug-likeness (QED) is 0.573. The summed E-state index contributed by atoms with van der Waals surface area (Å²) in [5.41, 5.74) is 8.02. The Labute approximate surface area is 185 Å². The van der Waals surface area contributed by atoms with Crippen LogP contribution in [0.2, 0.25) is 5.02 Å². The third kappa shape index (κ3) is 4.88. The summed E-state index contributed by atoms with van der Waals surface area (Å²) in [6.45, 7) is 1.83. The molecule has 3 N–H and O–H groups in total. The van der Waals surface area contributed by atoms with Crippen molar-refractivity contribution in [3.05, 3.63) is 65.1 Å². The molecule has 160 valence electrons. The largest absolute Gasteiger partial charge is 0.441 e. The number of anilines is 2. The first kappa shape index (κ1) is 20.9. The molecule has 2 heterocycles. The molecule has 4 rings (SSSR count). The fourth-order valence-corrected chi connectivity index (χ4v) is 3.90. The van der Waals surface area contributed by atoms with Gasteiger partial charge in [-0.15, -0.1) is 0 Å². The Bertz CT molecular complexity index is 1110. The van der Waals surface area contributed by atoms with Crippen LogP contribution in [0.25, 0.3) is 11.3 Å². The first-order valence-corrected chi connectivity index (χ1v) is 10.6. The molecule has 1 fully saturated rings. The van der Waals surface area contributed by atoms with Gasteiger partial charge in [0.25, 0.3) is 0 Å². The van der Waals surface area contributed by atoms with E-state index in [1.54, 1.807) is 24.4 Å². The van der Waals surface area contributed by atoms with Gasteiger partial charge in [-0.3, -0.25) is 9.59 Å². The van der Waals surface area contributed by atoms with Gasteiger partial charge < -0.3 is 20.4 Å². The topological polar surface area (TPSA) is 101 Å². The van der Waals surface area contributed by atoms with Crippen molar-refractivity contribution in [1.29, 1.82) is 0 Å². The van der Waals surface area contributed by atoms with Gasteiger partial charge in [-0.1, -0.05) is 23.7 Å². The van der Waals surface area contributed by atoms with Crippen LogP contribution < -0.4 is 16.0 Å².